The van der Waals surface area contributed by atoms with Crippen LogP contribution >= 0.6 is 11.6 Å². The van der Waals surface area contributed by atoms with Crippen molar-refractivity contribution in [2.24, 2.45) is 0 Å². The number of nitrogens with zero attached hydrogens (tertiary/aromatic N) is 1. The number of ether oxygens (including phenoxy) is 1. The van der Waals surface area contributed by atoms with Crippen LogP contribution in [0.4, 0.5) is 4.79 Å². The lowest BCUT2D eigenvalue weighted by molar-refractivity contribution is -0.132. The second-order valence-corrected chi connectivity index (χ2v) is 6.27. The van der Waals surface area contributed by atoms with E-state index in [-0.39, 0.29) is 25.1 Å². The highest BCUT2D eigenvalue weighted by Gasteiger charge is 2.50. The van der Waals surface area contributed by atoms with Gasteiger partial charge in [-0.1, -0.05) is 30.9 Å². The molecule has 2 fully saturated rings. The van der Waals surface area contributed by atoms with Crippen LogP contribution in [0.25, 0.3) is 0 Å². The van der Waals surface area contributed by atoms with E-state index in [1.807, 2.05) is 0 Å². The summed E-state index contributed by atoms with van der Waals surface area (Å²) in [5.74, 6) is 0.570. The topological polar surface area (TPSA) is 58.6 Å². The average molecular weight is 323 g/mol. The molecule has 1 saturated heterocycles. The van der Waals surface area contributed by atoms with Gasteiger partial charge in [-0.25, -0.2) is 4.79 Å². The molecule has 0 unspecified atom stereocenters. The molecular formula is C16H19ClN2O3. The Morgan fingerprint density at radius 2 is 1.82 bits per heavy atom. The molecule has 118 valence electrons. The van der Waals surface area contributed by atoms with Crippen molar-refractivity contribution in [3.8, 4) is 5.75 Å². The molecule has 1 N–H and O–H groups in total. The van der Waals surface area contributed by atoms with Gasteiger partial charge >= 0.3 is 6.03 Å². The Balaban J connectivity index is 1.57. The summed E-state index contributed by atoms with van der Waals surface area (Å²) in [6.07, 6.45) is 4.59. The summed E-state index contributed by atoms with van der Waals surface area (Å²) in [5, 5.41) is 3.53. The Morgan fingerprint density at radius 1 is 1.14 bits per heavy atom. The van der Waals surface area contributed by atoms with Crippen molar-refractivity contribution in [2.45, 2.75) is 37.6 Å². The van der Waals surface area contributed by atoms with Crippen LogP contribution in [-0.2, 0) is 4.79 Å². The van der Waals surface area contributed by atoms with Crippen LogP contribution in [0.15, 0.2) is 24.3 Å². The van der Waals surface area contributed by atoms with Gasteiger partial charge in [-0.15, -0.1) is 0 Å². The third kappa shape index (κ3) is 2.90. The second-order valence-electron chi connectivity index (χ2n) is 5.83. The number of imide groups is 1. The van der Waals surface area contributed by atoms with Gasteiger partial charge in [-0.05, 0) is 37.1 Å². The van der Waals surface area contributed by atoms with Crippen LogP contribution in [0.2, 0.25) is 5.02 Å². The van der Waals surface area contributed by atoms with Gasteiger partial charge in [0.25, 0.3) is 5.91 Å². The molecule has 0 radical (unpaired) electrons. The molecule has 1 aliphatic heterocycles. The maximum Gasteiger partial charge on any atom is 0.325 e. The first-order valence-corrected chi connectivity index (χ1v) is 8.01. The summed E-state index contributed by atoms with van der Waals surface area (Å²) < 4.78 is 5.56. The number of rotatable bonds is 4. The van der Waals surface area contributed by atoms with Gasteiger partial charge in [0.1, 0.15) is 17.9 Å². The van der Waals surface area contributed by atoms with Crippen LogP contribution in [0.1, 0.15) is 32.1 Å². The van der Waals surface area contributed by atoms with Crippen LogP contribution in [0.3, 0.4) is 0 Å². The van der Waals surface area contributed by atoms with Gasteiger partial charge < -0.3 is 10.1 Å². The number of benzene rings is 1. The Kier molecular flexibility index (Phi) is 4.25. The third-order valence-electron chi connectivity index (χ3n) is 4.35. The predicted molar refractivity (Wildman–Crippen MR) is 83.0 cm³/mol. The molecule has 2 aliphatic rings. The van der Waals surface area contributed by atoms with Gasteiger partial charge in [0, 0.05) is 5.02 Å². The van der Waals surface area contributed by atoms with E-state index in [1.165, 1.54) is 4.90 Å². The Labute approximate surface area is 134 Å². The monoisotopic (exact) mass is 322 g/mol. The molecule has 1 spiro atoms. The molecule has 1 aliphatic carbocycles. The van der Waals surface area contributed by atoms with Gasteiger partial charge in [-0.3, -0.25) is 9.69 Å². The molecule has 1 saturated carbocycles. The first-order valence-electron chi connectivity index (χ1n) is 7.63. The SMILES string of the molecule is O=C1NC2(CCCCC2)C(=O)N1CCOc1ccc(Cl)cc1. The zero-order valence-electron chi connectivity index (χ0n) is 12.3. The van der Waals surface area contributed by atoms with Crippen molar-refractivity contribution in [3.05, 3.63) is 29.3 Å². The third-order valence-corrected chi connectivity index (χ3v) is 4.60. The zero-order valence-corrected chi connectivity index (χ0v) is 13.1. The Morgan fingerprint density at radius 3 is 2.50 bits per heavy atom. The van der Waals surface area contributed by atoms with Crippen molar-refractivity contribution in [1.29, 1.82) is 0 Å². The fraction of sp³-hybridized carbons (Fsp3) is 0.500. The number of carbonyl (C=O) groups excluding carboxylic acids is 2. The second kappa shape index (κ2) is 6.16. The molecule has 22 heavy (non-hydrogen) atoms. The summed E-state index contributed by atoms with van der Waals surface area (Å²) in [6.45, 7) is 0.534. The van der Waals surface area contributed by atoms with Crippen LogP contribution in [0, 0.1) is 0 Å². The molecule has 1 aromatic carbocycles. The van der Waals surface area contributed by atoms with Crippen molar-refractivity contribution < 1.29 is 14.3 Å². The highest BCUT2D eigenvalue weighted by Crippen LogP contribution is 2.33. The maximum atomic E-state index is 12.5. The smallest absolute Gasteiger partial charge is 0.325 e. The number of nitrogens with one attached hydrogen (secondary N) is 1. The average Bonchev–Trinajstić information content (AvgIpc) is 2.74. The Bertz CT molecular complexity index is 567. The first kappa shape index (κ1) is 15.2. The van der Waals surface area contributed by atoms with E-state index in [9.17, 15) is 9.59 Å². The fourth-order valence-electron chi connectivity index (χ4n) is 3.16. The number of halogens is 1. The van der Waals surface area contributed by atoms with E-state index in [2.05, 4.69) is 5.32 Å². The van der Waals surface area contributed by atoms with E-state index in [1.54, 1.807) is 24.3 Å². The van der Waals surface area contributed by atoms with E-state index in [4.69, 9.17) is 16.3 Å². The molecule has 0 aromatic heterocycles. The van der Waals surface area contributed by atoms with Crippen molar-refractivity contribution in [3.63, 3.8) is 0 Å². The van der Waals surface area contributed by atoms with Crippen LogP contribution < -0.4 is 10.1 Å². The molecule has 1 heterocycles. The zero-order chi connectivity index (χ0) is 15.6. The lowest BCUT2D eigenvalue weighted by atomic mass is 9.82. The minimum Gasteiger partial charge on any atom is -0.492 e. The summed E-state index contributed by atoms with van der Waals surface area (Å²) >= 11 is 5.81. The number of urea groups is 1. The van der Waals surface area contributed by atoms with Crippen molar-refractivity contribution in [2.75, 3.05) is 13.2 Å². The van der Waals surface area contributed by atoms with Gasteiger partial charge in [-0.2, -0.15) is 0 Å². The minimum atomic E-state index is -0.657. The standard InChI is InChI=1S/C16H19ClN2O3/c17-12-4-6-13(7-5-12)22-11-10-19-14(20)16(18-15(19)21)8-2-1-3-9-16/h4-7H,1-3,8-11H2,(H,18,21). The summed E-state index contributed by atoms with van der Waals surface area (Å²) in [4.78, 5) is 25.9. The highest BCUT2D eigenvalue weighted by atomic mass is 35.5. The molecule has 6 heteroatoms. The van der Waals surface area contributed by atoms with Gasteiger partial charge in [0.15, 0.2) is 0 Å². The van der Waals surface area contributed by atoms with E-state index in [0.29, 0.717) is 10.8 Å². The van der Waals surface area contributed by atoms with Crippen molar-refractivity contribution >= 4 is 23.5 Å². The molecular weight excluding hydrogens is 304 g/mol. The number of hydrogen-bond donors (Lipinski definition) is 1. The van der Waals surface area contributed by atoms with E-state index in [0.717, 1.165) is 32.1 Å². The normalized spacial score (nSPS) is 20.3. The lowest BCUT2D eigenvalue weighted by Gasteiger charge is -2.30. The highest BCUT2D eigenvalue weighted by molar-refractivity contribution is 6.30. The number of hydrogen-bond acceptors (Lipinski definition) is 3. The fourth-order valence-corrected chi connectivity index (χ4v) is 3.29. The quantitative estimate of drug-likeness (QED) is 0.867. The lowest BCUT2D eigenvalue weighted by Crippen LogP contribution is -2.48. The van der Waals surface area contributed by atoms with Crippen LogP contribution in [-0.4, -0.2) is 35.5 Å². The van der Waals surface area contributed by atoms with Gasteiger partial charge in [0.05, 0.1) is 6.54 Å². The minimum absolute atomic E-state index is 0.100. The molecule has 5 nitrogen and oxygen atoms in total. The van der Waals surface area contributed by atoms with Crippen molar-refractivity contribution in [1.82, 2.24) is 10.2 Å². The van der Waals surface area contributed by atoms with E-state index < -0.39 is 5.54 Å². The molecule has 1 aromatic rings. The number of amides is 3. The number of carbonyl (C=O) groups is 2. The first-order chi connectivity index (χ1) is 10.6. The molecule has 0 bridgehead atoms. The summed E-state index contributed by atoms with van der Waals surface area (Å²) in [5.41, 5.74) is -0.657. The van der Waals surface area contributed by atoms with Crippen LogP contribution in [0.5, 0.6) is 5.75 Å². The largest absolute Gasteiger partial charge is 0.492 e. The van der Waals surface area contributed by atoms with E-state index >= 15 is 0 Å². The molecule has 3 rings (SSSR count). The maximum absolute atomic E-state index is 12.5. The Hall–Kier alpha value is -1.75. The molecule has 0 atom stereocenters. The molecule has 3 amide bonds. The van der Waals surface area contributed by atoms with Gasteiger partial charge in [0.2, 0.25) is 0 Å². The summed E-state index contributed by atoms with van der Waals surface area (Å²) in [6, 6.07) is 6.70. The summed E-state index contributed by atoms with van der Waals surface area (Å²) in [7, 11) is 0. The predicted octanol–water partition coefficient (Wildman–Crippen LogP) is 2.97.